The first-order chi connectivity index (χ1) is 14.9. The van der Waals surface area contributed by atoms with Crippen molar-refractivity contribution in [3.8, 4) is 5.75 Å². The lowest BCUT2D eigenvalue weighted by Gasteiger charge is -2.05. The van der Waals surface area contributed by atoms with Crippen molar-refractivity contribution in [2.75, 3.05) is 0 Å². The van der Waals surface area contributed by atoms with Crippen LogP contribution in [0, 0.1) is 0 Å². The van der Waals surface area contributed by atoms with E-state index >= 15 is 0 Å². The van der Waals surface area contributed by atoms with Crippen molar-refractivity contribution in [3.63, 3.8) is 0 Å². The number of aliphatic imine (C=N–C) groups is 1. The second-order valence-electron chi connectivity index (χ2n) is 6.43. The molecule has 154 valence electrons. The summed E-state index contributed by atoms with van der Waals surface area (Å²) in [5.74, 6) is -0.643. The number of rotatable bonds is 4. The van der Waals surface area contributed by atoms with E-state index in [2.05, 4.69) is 4.99 Å². The number of hydrogen-bond acceptors (Lipinski definition) is 5. The van der Waals surface area contributed by atoms with Gasteiger partial charge in [-0.25, -0.2) is 14.6 Å². The number of ether oxygens (including phenoxy) is 2. The molecule has 5 nitrogen and oxygen atoms in total. The minimum Gasteiger partial charge on any atom is -0.423 e. The van der Waals surface area contributed by atoms with Crippen molar-refractivity contribution in [3.05, 3.63) is 104 Å². The highest BCUT2D eigenvalue weighted by Gasteiger charge is 2.25. The molecule has 4 rings (SSSR count). The fourth-order valence-electron chi connectivity index (χ4n) is 2.73. The van der Waals surface area contributed by atoms with Crippen LogP contribution in [0.1, 0.15) is 21.5 Å². The minimum atomic E-state index is -0.598. The van der Waals surface area contributed by atoms with Crippen LogP contribution in [0.4, 0.5) is 0 Å². The van der Waals surface area contributed by atoms with Crippen LogP contribution in [0.2, 0.25) is 15.1 Å². The van der Waals surface area contributed by atoms with E-state index in [1.165, 1.54) is 0 Å². The van der Waals surface area contributed by atoms with Gasteiger partial charge in [0.05, 0.1) is 16.1 Å². The van der Waals surface area contributed by atoms with Crippen LogP contribution >= 0.6 is 34.8 Å². The standard InChI is InChI=1S/C23H12Cl3NO4/c24-15-5-3-14(4-6-15)22(28)30-17-8-1-13(2-9-17)11-20-23(29)31-21(27-20)18-10-7-16(25)12-19(18)26/h1-12H/b20-11-. The van der Waals surface area contributed by atoms with Crippen molar-refractivity contribution >= 4 is 58.7 Å². The van der Waals surface area contributed by atoms with Gasteiger partial charge in [0.2, 0.25) is 5.90 Å². The van der Waals surface area contributed by atoms with E-state index in [1.807, 2.05) is 0 Å². The Bertz CT molecular complexity index is 1230. The maximum atomic E-state index is 12.2. The molecule has 0 amide bonds. The predicted octanol–water partition coefficient (Wildman–Crippen LogP) is 6.21. The van der Waals surface area contributed by atoms with E-state index in [0.29, 0.717) is 37.5 Å². The molecular weight excluding hydrogens is 461 g/mol. The summed E-state index contributed by atoms with van der Waals surface area (Å²) in [7, 11) is 0. The largest absolute Gasteiger partial charge is 0.423 e. The molecule has 1 aliphatic heterocycles. The van der Waals surface area contributed by atoms with Crippen LogP contribution in [0.3, 0.4) is 0 Å². The second-order valence-corrected chi connectivity index (χ2v) is 7.71. The van der Waals surface area contributed by atoms with Gasteiger partial charge in [0.1, 0.15) is 5.75 Å². The monoisotopic (exact) mass is 471 g/mol. The molecule has 0 fully saturated rings. The Morgan fingerprint density at radius 3 is 2.26 bits per heavy atom. The van der Waals surface area contributed by atoms with Crippen LogP contribution in [-0.2, 0) is 9.53 Å². The van der Waals surface area contributed by atoms with Gasteiger partial charge < -0.3 is 9.47 Å². The van der Waals surface area contributed by atoms with Gasteiger partial charge in [-0.15, -0.1) is 0 Å². The van der Waals surface area contributed by atoms with Gasteiger partial charge in [-0.3, -0.25) is 0 Å². The quantitative estimate of drug-likeness (QED) is 0.257. The van der Waals surface area contributed by atoms with Gasteiger partial charge in [0.15, 0.2) is 5.70 Å². The summed E-state index contributed by atoms with van der Waals surface area (Å²) < 4.78 is 10.6. The Morgan fingerprint density at radius 1 is 0.903 bits per heavy atom. The summed E-state index contributed by atoms with van der Waals surface area (Å²) in [5, 5.41) is 1.32. The SMILES string of the molecule is O=C1OC(c2ccc(Cl)cc2Cl)=N/C1=C\c1ccc(OC(=O)c2ccc(Cl)cc2)cc1. The fourth-order valence-corrected chi connectivity index (χ4v) is 3.34. The first kappa shape index (κ1) is 21.1. The molecule has 0 N–H and O–H groups in total. The van der Waals surface area contributed by atoms with Crippen molar-refractivity contribution in [1.82, 2.24) is 0 Å². The van der Waals surface area contributed by atoms with Gasteiger partial charge in [-0.1, -0.05) is 46.9 Å². The first-order valence-corrected chi connectivity index (χ1v) is 10.1. The lowest BCUT2D eigenvalue weighted by Crippen LogP contribution is -2.08. The van der Waals surface area contributed by atoms with Gasteiger partial charge >= 0.3 is 11.9 Å². The molecule has 3 aromatic rings. The number of halogens is 3. The van der Waals surface area contributed by atoms with E-state index in [-0.39, 0.29) is 11.6 Å². The van der Waals surface area contributed by atoms with Crippen LogP contribution < -0.4 is 4.74 Å². The zero-order valence-electron chi connectivity index (χ0n) is 15.6. The first-order valence-electron chi connectivity index (χ1n) is 8.95. The van der Waals surface area contributed by atoms with Crippen LogP contribution in [-0.4, -0.2) is 17.8 Å². The van der Waals surface area contributed by atoms with E-state index in [9.17, 15) is 9.59 Å². The molecule has 0 radical (unpaired) electrons. The molecule has 0 aromatic heterocycles. The van der Waals surface area contributed by atoms with E-state index in [0.717, 1.165) is 0 Å². The summed E-state index contributed by atoms with van der Waals surface area (Å²) in [6.07, 6.45) is 1.56. The Labute approximate surface area is 192 Å². The molecule has 0 spiro atoms. The van der Waals surface area contributed by atoms with E-state index in [1.54, 1.807) is 72.8 Å². The summed E-state index contributed by atoms with van der Waals surface area (Å²) in [6, 6.07) is 17.8. The zero-order chi connectivity index (χ0) is 22.0. The summed E-state index contributed by atoms with van der Waals surface area (Å²) in [5.41, 5.74) is 1.64. The number of esters is 2. The summed E-state index contributed by atoms with van der Waals surface area (Å²) in [4.78, 5) is 28.6. The Morgan fingerprint density at radius 2 is 1.58 bits per heavy atom. The molecule has 0 saturated carbocycles. The van der Waals surface area contributed by atoms with Crippen LogP contribution in [0.15, 0.2) is 77.4 Å². The second kappa shape index (κ2) is 8.94. The van der Waals surface area contributed by atoms with Crippen molar-refractivity contribution in [2.45, 2.75) is 0 Å². The Kier molecular flexibility index (Phi) is 6.09. The molecular formula is C23H12Cl3NO4. The highest BCUT2D eigenvalue weighted by atomic mass is 35.5. The van der Waals surface area contributed by atoms with Crippen molar-refractivity contribution < 1.29 is 19.1 Å². The maximum Gasteiger partial charge on any atom is 0.363 e. The molecule has 0 atom stereocenters. The van der Waals surface area contributed by atoms with E-state index < -0.39 is 11.9 Å². The number of carbonyl (C=O) groups excluding carboxylic acids is 2. The number of hydrogen-bond donors (Lipinski definition) is 0. The molecule has 0 saturated heterocycles. The highest BCUT2D eigenvalue weighted by molar-refractivity contribution is 6.37. The topological polar surface area (TPSA) is 65.0 Å². The zero-order valence-corrected chi connectivity index (χ0v) is 17.9. The number of carbonyl (C=O) groups is 2. The molecule has 1 aliphatic rings. The molecule has 8 heteroatoms. The molecule has 3 aromatic carbocycles. The Balaban J connectivity index is 1.50. The molecule has 0 bridgehead atoms. The molecule has 0 aliphatic carbocycles. The van der Waals surface area contributed by atoms with Gasteiger partial charge in [0, 0.05) is 10.0 Å². The third-order valence-corrected chi connectivity index (χ3v) is 5.06. The average molecular weight is 473 g/mol. The Hall–Kier alpha value is -3.12. The highest BCUT2D eigenvalue weighted by Crippen LogP contribution is 2.26. The van der Waals surface area contributed by atoms with Gasteiger partial charge in [0.25, 0.3) is 0 Å². The molecule has 0 unspecified atom stereocenters. The number of nitrogens with zero attached hydrogens (tertiary/aromatic N) is 1. The number of benzene rings is 3. The number of cyclic esters (lactones) is 1. The molecule has 1 heterocycles. The predicted molar refractivity (Wildman–Crippen MR) is 120 cm³/mol. The van der Waals surface area contributed by atoms with Crippen molar-refractivity contribution in [2.24, 2.45) is 4.99 Å². The van der Waals surface area contributed by atoms with Gasteiger partial charge in [-0.05, 0) is 66.2 Å². The van der Waals surface area contributed by atoms with Crippen molar-refractivity contribution in [1.29, 1.82) is 0 Å². The lowest BCUT2D eigenvalue weighted by molar-refractivity contribution is -0.129. The summed E-state index contributed by atoms with van der Waals surface area (Å²) in [6.45, 7) is 0. The van der Waals surface area contributed by atoms with E-state index in [4.69, 9.17) is 44.3 Å². The van der Waals surface area contributed by atoms with Crippen LogP contribution in [0.5, 0.6) is 5.75 Å². The smallest absolute Gasteiger partial charge is 0.363 e. The normalized spacial score (nSPS) is 14.4. The third-order valence-electron chi connectivity index (χ3n) is 4.26. The summed E-state index contributed by atoms with van der Waals surface area (Å²) >= 11 is 17.9. The minimum absolute atomic E-state index is 0.103. The molecule has 31 heavy (non-hydrogen) atoms. The third kappa shape index (κ3) is 4.97. The fraction of sp³-hybridized carbons (Fsp3) is 0. The van der Waals surface area contributed by atoms with Gasteiger partial charge in [-0.2, -0.15) is 0 Å². The lowest BCUT2D eigenvalue weighted by atomic mass is 10.2. The van der Waals surface area contributed by atoms with Crippen LogP contribution in [0.25, 0.3) is 6.08 Å². The maximum absolute atomic E-state index is 12.2. The average Bonchev–Trinajstić information content (AvgIpc) is 3.09.